The van der Waals surface area contributed by atoms with E-state index < -0.39 is 0 Å². The molecule has 0 aliphatic rings. The smallest absolute Gasteiger partial charge is 0.152 e. The molecule has 1 N–H and O–H groups in total. The molecule has 0 unspecified atom stereocenters. The van der Waals surface area contributed by atoms with E-state index in [0.717, 1.165) is 0 Å². The molecule has 0 spiro atoms. The molecule has 96 valence electrons. The van der Waals surface area contributed by atoms with Crippen LogP contribution in [0.5, 0.6) is 0 Å². The molecule has 0 atom stereocenters. The van der Waals surface area contributed by atoms with Gasteiger partial charge in [0, 0.05) is 5.69 Å². The van der Waals surface area contributed by atoms with Gasteiger partial charge in [-0.1, -0.05) is 34.8 Å². The summed E-state index contributed by atoms with van der Waals surface area (Å²) in [6.45, 7) is 0. The van der Waals surface area contributed by atoms with E-state index in [2.05, 4.69) is 10.3 Å². The molecule has 1 aromatic carbocycles. The van der Waals surface area contributed by atoms with Crippen LogP contribution in [0.2, 0.25) is 15.2 Å². The van der Waals surface area contributed by atoms with Crippen LogP contribution < -0.4 is 5.32 Å². The third kappa shape index (κ3) is 2.90. The molecule has 7 heteroatoms. The van der Waals surface area contributed by atoms with Crippen LogP contribution in [0.4, 0.5) is 15.9 Å². The molecular weight excluding hydrogens is 312 g/mol. The van der Waals surface area contributed by atoms with Gasteiger partial charge in [-0.3, -0.25) is 0 Å². The minimum absolute atomic E-state index is 0.0120. The molecule has 0 fully saturated rings. The molecule has 19 heavy (non-hydrogen) atoms. The zero-order valence-electron chi connectivity index (χ0n) is 9.22. The Bertz CT molecular complexity index is 665. The number of anilines is 2. The highest BCUT2D eigenvalue weighted by molar-refractivity contribution is 6.45. The number of pyridine rings is 1. The number of hydrogen-bond donors (Lipinski definition) is 1. The van der Waals surface area contributed by atoms with Crippen molar-refractivity contribution < 1.29 is 4.39 Å². The molecule has 0 saturated carbocycles. The highest BCUT2D eigenvalue weighted by atomic mass is 35.5. The summed E-state index contributed by atoms with van der Waals surface area (Å²) in [5.74, 6) is -0.164. The second-order valence-corrected chi connectivity index (χ2v) is 4.61. The summed E-state index contributed by atoms with van der Waals surface area (Å²) in [7, 11) is 0. The maximum Gasteiger partial charge on any atom is 0.152 e. The number of benzene rings is 1. The Labute approximate surface area is 123 Å². The van der Waals surface area contributed by atoms with Gasteiger partial charge in [-0.15, -0.1) is 0 Å². The quantitative estimate of drug-likeness (QED) is 0.810. The molecule has 0 saturated heterocycles. The SMILES string of the molecule is N#Cc1c(Cl)nc(Nc2ccc(F)cc2)c(Cl)c1Cl. The second-order valence-electron chi connectivity index (χ2n) is 3.50. The molecule has 0 bridgehead atoms. The van der Waals surface area contributed by atoms with Crippen molar-refractivity contribution in [3.63, 3.8) is 0 Å². The van der Waals surface area contributed by atoms with Crippen molar-refractivity contribution >= 4 is 46.3 Å². The first kappa shape index (κ1) is 13.9. The molecular formula is C12H5Cl3FN3. The van der Waals surface area contributed by atoms with Crippen LogP contribution >= 0.6 is 34.8 Å². The highest BCUT2D eigenvalue weighted by Crippen LogP contribution is 2.36. The average molecular weight is 317 g/mol. The molecule has 2 aromatic rings. The first-order chi connectivity index (χ1) is 9.02. The largest absolute Gasteiger partial charge is 0.339 e. The van der Waals surface area contributed by atoms with E-state index in [9.17, 15) is 4.39 Å². The van der Waals surface area contributed by atoms with Gasteiger partial charge in [0.1, 0.15) is 22.5 Å². The van der Waals surface area contributed by atoms with Gasteiger partial charge in [-0.05, 0) is 24.3 Å². The Morgan fingerprint density at radius 2 is 1.74 bits per heavy atom. The number of nitrogens with zero attached hydrogens (tertiary/aromatic N) is 2. The summed E-state index contributed by atoms with van der Waals surface area (Å²) < 4.78 is 12.8. The predicted octanol–water partition coefficient (Wildman–Crippen LogP) is 4.80. The van der Waals surface area contributed by atoms with Gasteiger partial charge < -0.3 is 5.32 Å². The van der Waals surface area contributed by atoms with Gasteiger partial charge in [0.05, 0.1) is 5.02 Å². The fourth-order valence-corrected chi connectivity index (χ4v) is 2.03. The van der Waals surface area contributed by atoms with Crippen molar-refractivity contribution in [2.45, 2.75) is 0 Å². The van der Waals surface area contributed by atoms with Crippen LogP contribution in [-0.2, 0) is 0 Å². The van der Waals surface area contributed by atoms with E-state index in [1.54, 1.807) is 0 Å². The molecule has 3 nitrogen and oxygen atoms in total. The van der Waals surface area contributed by atoms with Gasteiger partial charge in [0.25, 0.3) is 0 Å². The van der Waals surface area contributed by atoms with E-state index in [1.807, 2.05) is 6.07 Å². The zero-order valence-corrected chi connectivity index (χ0v) is 11.5. The maximum absolute atomic E-state index is 12.8. The van der Waals surface area contributed by atoms with E-state index in [4.69, 9.17) is 40.1 Å². The fourth-order valence-electron chi connectivity index (χ4n) is 1.36. The van der Waals surface area contributed by atoms with Gasteiger partial charge in [0.15, 0.2) is 11.0 Å². The summed E-state index contributed by atoms with van der Waals surface area (Å²) in [5.41, 5.74) is 0.575. The summed E-state index contributed by atoms with van der Waals surface area (Å²) in [5, 5.41) is 11.7. The third-order valence-electron chi connectivity index (χ3n) is 2.26. The number of aromatic nitrogens is 1. The van der Waals surface area contributed by atoms with Crippen LogP contribution in [0.1, 0.15) is 5.56 Å². The van der Waals surface area contributed by atoms with E-state index >= 15 is 0 Å². The summed E-state index contributed by atoms with van der Waals surface area (Å²) in [6.07, 6.45) is 0. The Kier molecular flexibility index (Phi) is 4.11. The van der Waals surface area contributed by atoms with Crippen molar-refractivity contribution in [1.82, 2.24) is 4.98 Å². The summed E-state index contributed by atoms with van der Waals surface area (Å²) in [6, 6.07) is 7.39. The van der Waals surface area contributed by atoms with E-state index in [1.165, 1.54) is 24.3 Å². The molecule has 2 rings (SSSR count). The Balaban J connectivity index is 2.42. The lowest BCUT2D eigenvalue weighted by molar-refractivity contribution is 0.628. The normalized spacial score (nSPS) is 10.1. The third-order valence-corrected chi connectivity index (χ3v) is 3.37. The Hall–Kier alpha value is -1.54. The van der Waals surface area contributed by atoms with Crippen LogP contribution in [-0.4, -0.2) is 4.98 Å². The lowest BCUT2D eigenvalue weighted by Crippen LogP contribution is -1.98. The van der Waals surface area contributed by atoms with Gasteiger partial charge in [-0.2, -0.15) is 5.26 Å². The average Bonchev–Trinajstić information content (AvgIpc) is 2.39. The Morgan fingerprint density at radius 1 is 1.11 bits per heavy atom. The number of rotatable bonds is 2. The molecule has 0 aliphatic heterocycles. The number of nitriles is 1. The number of hydrogen-bond acceptors (Lipinski definition) is 3. The lowest BCUT2D eigenvalue weighted by Gasteiger charge is -2.10. The number of nitrogens with one attached hydrogen (secondary N) is 1. The maximum atomic E-state index is 12.8. The first-order valence-corrected chi connectivity index (χ1v) is 6.13. The summed E-state index contributed by atoms with van der Waals surface area (Å²) >= 11 is 17.7. The van der Waals surface area contributed by atoms with Crippen LogP contribution in [0.25, 0.3) is 0 Å². The van der Waals surface area contributed by atoms with Crippen LogP contribution in [0.3, 0.4) is 0 Å². The standard InChI is InChI=1S/C12H5Cl3FN3/c13-9-8(5-17)11(15)19-12(10(9)14)18-7-3-1-6(16)2-4-7/h1-4H,(H,18,19). The monoisotopic (exact) mass is 315 g/mol. The molecule has 1 heterocycles. The van der Waals surface area contributed by atoms with Crippen molar-refractivity contribution in [2.75, 3.05) is 5.32 Å². The second kappa shape index (κ2) is 5.62. The van der Waals surface area contributed by atoms with Crippen molar-refractivity contribution in [1.29, 1.82) is 5.26 Å². The molecule has 0 amide bonds. The highest BCUT2D eigenvalue weighted by Gasteiger charge is 2.16. The van der Waals surface area contributed by atoms with Crippen molar-refractivity contribution in [2.24, 2.45) is 0 Å². The lowest BCUT2D eigenvalue weighted by atomic mass is 10.3. The topological polar surface area (TPSA) is 48.7 Å². The number of halogens is 4. The van der Waals surface area contributed by atoms with Crippen LogP contribution in [0, 0.1) is 17.1 Å². The molecule has 1 aromatic heterocycles. The zero-order chi connectivity index (χ0) is 14.0. The van der Waals surface area contributed by atoms with Gasteiger partial charge in [-0.25, -0.2) is 9.37 Å². The van der Waals surface area contributed by atoms with Crippen molar-refractivity contribution in [3.8, 4) is 6.07 Å². The minimum atomic E-state index is -0.361. The van der Waals surface area contributed by atoms with Crippen LogP contribution in [0.15, 0.2) is 24.3 Å². The predicted molar refractivity (Wildman–Crippen MR) is 73.7 cm³/mol. The van der Waals surface area contributed by atoms with Gasteiger partial charge in [0.2, 0.25) is 0 Å². The van der Waals surface area contributed by atoms with E-state index in [0.29, 0.717) is 5.69 Å². The molecule has 0 aliphatic carbocycles. The van der Waals surface area contributed by atoms with E-state index in [-0.39, 0.29) is 32.4 Å². The first-order valence-electron chi connectivity index (χ1n) is 5.00. The van der Waals surface area contributed by atoms with Gasteiger partial charge >= 0.3 is 0 Å². The fraction of sp³-hybridized carbons (Fsp3) is 0. The molecule has 0 radical (unpaired) electrons. The Morgan fingerprint density at radius 3 is 2.32 bits per heavy atom. The van der Waals surface area contributed by atoms with Crippen molar-refractivity contribution in [3.05, 3.63) is 50.8 Å². The minimum Gasteiger partial charge on any atom is -0.339 e. The summed E-state index contributed by atoms with van der Waals surface area (Å²) in [4.78, 5) is 3.94.